The lowest BCUT2D eigenvalue weighted by molar-refractivity contribution is 0.809. The van der Waals surface area contributed by atoms with Gasteiger partial charge in [0.05, 0.1) is 0 Å². The van der Waals surface area contributed by atoms with Crippen LogP contribution in [0, 0.1) is 0 Å². The summed E-state index contributed by atoms with van der Waals surface area (Å²) in [5, 5.41) is 0. The van der Waals surface area contributed by atoms with Crippen LogP contribution in [0.4, 0.5) is 0 Å². The molecule has 0 bridgehead atoms. The van der Waals surface area contributed by atoms with Crippen molar-refractivity contribution in [1.82, 2.24) is 4.98 Å². The van der Waals surface area contributed by atoms with E-state index in [9.17, 15) is 0 Å². The molecule has 0 aliphatic rings. The van der Waals surface area contributed by atoms with Gasteiger partial charge in [0.1, 0.15) is 0 Å². The molecule has 2 nitrogen and oxygen atoms in total. The highest BCUT2D eigenvalue weighted by molar-refractivity contribution is 5.51. The van der Waals surface area contributed by atoms with Crippen molar-refractivity contribution < 1.29 is 0 Å². The molecule has 0 saturated carbocycles. The minimum Gasteiger partial charge on any atom is -0.324 e. The Bertz CT molecular complexity index is 253. The molecule has 0 unspecified atom stereocenters. The van der Waals surface area contributed by atoms with Gasteiger partial charge in [0, 0.05) is 18.4 Å². The maximum atomic E-state index is 5.70. The molecule has 0 aliphatic carbocycles. The number of hydrogen-bond acceptors (Lipinski definition) is 2. The molecule has 1 heterocycles. The van der Waals surface area contributed by atoms with E-state index >= 15 is 0 Å². The van der Waals surface area contributed by atoms with Gasteiger partial charge >= 0.3 is 0 Å². The summed E-state index contributed by atoms with van der Waals surface area (Å²) in [5.41, 5.74) is 7.81. The molecule has 0 amide bonds. The predicted molar refractivity (Wildman–Crippen MR) is 46.9 cm³/mol. The van der Waals surface area contributed by atoms with Crippen LogP contribution >= 0.6 is 0 Å². The largest absolute Gasteiger partial charge is 0.324 e. The standard InChI is InChI=1S/C9H12N2/c1-3-8-4-5-11-6-9(8)7(2)10/h3-7H,1,10H2,2H3/t7-/m0/s1. The van der Waals surface area contributed by atoms with Gasteiger partial charge in [-0.25, -0.2) is 0 Å². The first-order valence-electron chi connectivity index (χ1n) is 3.57. The Hall–Kier alpha value is -1.15. The van der Waals surface area contributed by atoms with Crippen LogP contribution in [0.3, 0.4) is 0 Å². The van der Waals surface area contributed by atoms with Crippen molar-refractivity contribution in [2.24, 2.45) is 5.73 Å². The molecule has 58 valence electrons. The Labute approximate surface area is 66.8 Å². The quantitative estimate of drug-likeness (QED) is 0.693. The SMILES string of the molecule is C=Cc1ccncc1[C@H](C)N. The van der Waals surface area contributed by atoms with Crippen LogP contribution in [0.25, 0.3) is 6.08 Å². The summed E-state index contributed by atoms with van der Waals surface area (Å²) in [7, 11) is 0. The van der Waals surface area contributed by atoms with Gasteiger partial charge < -0.3 is 5.73 Å². The van der Waals surface area contributed by atoms with Crippen LogP contribution < -0.4 is 5.73 Å². The molecule has 1 aromatic rings. The maximum Gasteiger partial charge on any atom is 0.0321 e. The maximum absolute atomic E-state index is 5.70. The first-order chi connectivity index (χ1) is 5.25. The number of nitrogens with zero attached hydrogens (tertiary/aromatic N) is 1. The van der Waals surface area contributed by atoms with Gasteiger partial charge in [0.2, 0.25) is 0 Å². The predicted octanol–water partition coefficient (Wildman–Crippen LogP) is 1.74. The smallest absolute Gasteiger partial charge is 0.0321 e. The lowest BCUT2D eigenvalue weighted by atomic mass is 10.1. The zero-order chi connectivity index (χ0) is 8.27. The fourth-order valence-corrected chi connectivity index (χ4v) is 0.984. The van der Waals surface area contributed by atoms with E-state index in [4.69, 9.17) is 5.73 Å². The highest BCUT2D eigenvalue weighted by atomic mass is 14.7. The number of nitrogens with two attached hydrogens (primary N) is 1. The molecule has 1 atom stereocenters. The van der Waals surface area contributed by atoms with Gasteiger partial charge in [0.15, 0.2) is 0 Å². The second kappa shape index (κ2) is 3.30. The second-order valence-electron chi connectivity index (χ2n) is 2.50. The first-order valence-corrected chi connectivity index (χ1v) is 3.57. The van der Waals surface area contributed by atoms with Gasteiger partial charge in [-0.05, 0) is 24.1 Å². The summed E-state index contributed by atoms with van der Waals surface area (Å²) in [6, 6.07) is 1.93. The van der Waals surface area contributed by atoms with Gasteiger partial charge in [-0.15, -0.1) is 0 Å². The number of rotatable bonds is 2. The molecule has 2 heteroatoms. The molecule has 11 heavy (non-hydrogen) atoms. The van der Waals surface area contributed by atoms with Gasteiger partial charge in [0.25, 0.3) is 0 Å². The van der Waals surface area contributed by atoms with Crippen molar-refractivity contribution in [3.63, 3.8) is 0 Å². The Kier molecular flexibility index (Phi) is 2.39. The van der Waals surface area contributed by atoms with Crippen molar-refractivity contribution in [2.45, 2.75) is 13.0 Å². The third kappa shape index (κ3) is 1.65. The third-order valence-electron chi connectivity index (χ3n) is 1.60. The fraction of sp³-hybridized carbons (Fsp3) is 0.222. The normalized spacial score (nSPS) is 12.5. The van der Waals surface area contributed by atoms with Crippen LogP contribution in [0.5, 0.6) is 0 Å². The van der Waals surface area contributed by atoms with Gasteiger partial charge in [-0.1, -0.05) is 12.7 Å². The Morgan fingerprint density at radius 3 is 2.91 bits per heavy atom. The zero-order valence-electron chi connectivity index (χ0n) is 6.62. The van der Waals surface area contributed by atoms with Crippen molar-refractivity contribution in [3.8, 4) is 0 Å². The lowest BCUT2D eigenvalue weighted by Crippen LogP contribution is -2.06. The van der Waals surface area contributed by atoms with E-state index in [0.29, 0.717) is 0 Å². The summed E-state index contributed by atoms with van der Waals surface area (Å²) in [6.07, 6.45) is 5.31. The number of aromatic nitrogens is 1. The Morgan fingerprint density at radius 2 is 2.45 bits per heavy atom. The summed E-state index contributed by atoms with van der Waals surface area (Å²) in [4.78, 5) is 3.99. The summed E-state index contributed by atoms with van der Waals surface area (Å²) < 4.78 is 0. The first kappa shape index (κ1) is 7.95. The average molecular weight is 148 g/mol. The third-order valence-corrected chi connectivity index (χ3v) is 1.60. The summed E-state index contributed by atoms with van der Waals surface area (Å²) >= 11 is 0. The lowest BCUT2D eigenvalue weighted by Gasteiger charge is -2.07. The Balaban J connectivity index is 3.12. The molecule has 0 fully saturated rings. The van der Waals surface area contributed by atoms with E-state index in [1.54, 1.807) is 18.5 Å². The van der Waals surface area contributed by atoms with E-state index in [2.05, 4.69) is 11.6 Å². The van der Waals surface area contributed by atoms with Crippen LogP contribution in [-0.4, -0.2) is 4.98 Å². The number of hydrogen-bond donors (Lipinski definition) is 1. The van der Waals surface area contributed by atoms with Crippen molar-refractivity contribution >= 4 is 6.08 Å². The average Bonchev–Trinajstić information content (AvgIpc) is 2.04. The van der Waals surface area contributed by atoms with Crippen LogP contribution in [0.1, 0.15) is 24.1 Å². The van der Waals surface area contributed by atoms with Crippen molar-refractivity contribution in [1.29, 1.82) is 0 Å². The van der Waals surface area contributed by atoms with Crippen LogP contribution in [-0.2, 0) is 0 Å². The van der Waals surface area contributed by atoms with E-state index in [1.807, 2.05) is 13.0 Å². The molecule has 0 aliphatic heterocycles. The van der Waals surface area contributed by atoms with E-state index in [1.165, 1.54) is 0 Å². The van der Waals surface area contributed by atoms with Crippen molar-refractivity contribution in [3.05, 3.63) is 36.2 Å². The highest BCUT2D eigenvalue weighted by Crippen LogP contribution is 2.14. The van der Waals surface area contributed by atoms with E-state index < -0.39 is 0 Å². The second-order valence-corrected chi connectivity index (χ2v) is 2.50. The molecule has 0 spiro atoms. The molecular weight excluding hydrogens is 136 g/mol. The highest BCUT2D eigenvalue weighted by Gasteiger charge is 2.02. The summed E-state index contributed by atoms with van der Waals surface area (Å²) in [5.74, 6) is 0. The minimum absolute atomic E-state index is 0.0247. The van der Waals surface area contributed by atoms with Gasteiger partial charge in [-0.3, -0.25) is 4.98 Å². The number of pyridine rings is 1. The van der Waals surface area contributed by atoms with Gasteiger partial charge in [-0.2, -0.15) is 0 Å². The fourth-order valence-electron chi connectivity index (χ4n) is 0.984. The monoisotopic (exact) mass is 148 g/mol. The Morgan fingerprint density at radius 1 is 1.73 bits per heavy atom. The molecular formula is C9H12N2. The molecule has 0 aromatic carbocycles. The van der Waals surface area contributed by atoms with Crippen LogP contribution in [0.15, 0.2) is 25.0 Å². The molecule has 2 N–H and O–H groups in total. The van der Waals surface area contributed by atoms with E-state index in [-0.39, 0.29) is 6.04 Å². The summed E-state index contributed by atoms with van der Waals surface area (Å²) in [6.45, 7) is 5.63. The molecule has 1 aromatic heterocycles. The molecule has 0 saturated heterocycles. The van der Waals surface area contributed by atoms with Crippen LogP contribution in [0.2, 0.25) is 0 Å². The minimum atomic E-state index is 0.0247. The van der Waals surface area contributed by atoms with E-state index in [0.717, 1.165) is 11.1 Å². The topological polar surface area (TPSA) is 38.9 Å². The van der Waals surface area contributed by atoms with Crippen molar-refractivity contribution in [2.75, 3.05) is 0 Å². The molecule has 0 radical (unpaired) electrons. The molecule has 1 rings (SSSR count). The zero-order valence-corrected chi connectivity index (χ0v) is 6.62.